The third kappa shape index (κ3) is 1.95. The Morgan fingerprint density at radius 2 is 2.25 bits per heavy atom. The van der Waals surface area contributed by atoms with Crippen molar-refractivity contribution in [2.75, 3.05) is 6.54 Å². The van der Waals surface area contributed by atoms with E-state index in [9.17, 15) is 0 Å². The zero-order chi connectivity index (χ0) is 9.35. The fourth-order valence-corrected chi connectivity index (χ4v) is 2.20. The summed E-state index contributed by atoms with van der Waals surface area (Å²) in [7, 11) is 0. The van der Waals surface area contributed by atoms with Gasteiger partial charge in [-0.25, -0.2) is 0 Å². The van der Waals surface area contributed by atoms with Gasteiger partial charge in [-0.1, -0.05) is 23.2 Å². The third-order valence-corrected chi connectivity index (χ3v) is 3.15. The van der Waals surface area contributed by atoms with Crippen LogP contribution in [0.25, 0.3) is 0 Å². The van der Waals surface area contributed by atoms with Crippen LogP contribution in [-0.4, -0.2) is 23.0 Å². The van der Waals surface area contributed by atoms with Crippen molar-refractivity contribution in [2.45, 2.75) is 38.8 Å². The summed E-state index contributed by atoms with van der Waals surface area (Å²) in [4.78, 5) is 2.36. The molecular weight excluding hydrogens is 193 g/mol. The fourth-order valence-electron chi connectivity index (χ4n) is 2.00. The summed E-state index contributed by atoms with van der Waals surface area (Å²) < 4.78 is 0. The van der Waals surface area contributed by atoms with Crippen molar-refractivity contribution in [1.29, 1.82) is 0 Å². The van der Waals surface area contributed by atoms with Crippen molar-refractivity contribution < 1.29 is 0 Å². The van der Waals surface area contributed by atoms with Gasteiger partial charge in [-0.2, -0.15) is 0 Å². The van der Waals surface area contributed by atoms with Crippen LogP contribution in [0.1, 0.15) is 27.2 Å². The molecule has 0 bridgehead atoms. The Hall–Kier alpha value is 0.280. The van der Waals surface area contributed by atoms with Gasteiger partial charge in [-0.05, 0) is 27.2 Å². The van der Waals surface area contributed by atoms with Crippen LogP contribution in [0.2, 0.25) is 0 Å². The lowest BCUT2D eigenvalue weighted by molar-refractivity contribution is -0.0300. The molecule has 0 aromatic heterocycles. The van der Waals surface area contributed by atoms with Gasteiger partial charge in [0.2, 0.25) is 0 Å². The van der Waals surface area contributed by atoms with Gasteiger partial charge in [0.1, 0.15) is 0 Å². The van der Waals surface area contributed by atoms with Gasteiger partial charge in [-0.15, -0.1) is 0 Å². The first-order chi connectivity index (χ1) is 5.47. The van der Waals surface area contributed by atoms with Gasteiger partial charge in [0.25, 0.3) is 0 Å². The topological polar surface area (TPSA) is 3.24 Å². The summed E-state index contributed by atoms with van der Waals surface area (Å²) in [5, 5.41) is 0.719. The van der Waals surface area contributed by atoms with E-state index in [2.05, 4.69) is 25.7 Å². The van der Waals surface area contributed by atoms with Crippen molar-refractivity contribution in [1.82, 2.24) is 4.90 Å². The Morgan fingerprint density at radius 1 is 1.67 bits per heavy atom. The molecule has 0 amide bonds. The first kappa shape index (κ1) is 10.4. The molecule has 0 radical (unpaired) electrons. The Kier molecular flexibility index (Phi) is 3.08. The van der Waals surface area contributed by atoms with Crippen molar-refractivity contribution in [3.63, 3.8) is 0 Å². The minimum Gasteiger partial charge on any atom is -0.290 e. The van der Waals surface area contributed by atoms with Crippen LogP contribution in [0.15, 0.2) is 10.6 Å². The molecule has 1 rings (SSSR count). The molecule has 0 aromatic rings. The van der Waals surface area contributed by atoms with E-state index >= 15 is 0 Å². The Labute approximate surface area is 84.3 Å². The number of hydrogen-bond acceptors (Lipinski definition) is 1. The maximum absolute atomic E-state index is 5.85. The maximum Gasteiger partial charge on any atom is 0.0434 e. The quantitative estimate of drug-likeness (QED) is 0.673. The highest BCUT2D eigenvalue weighted by Gasteiger charge is 2.41. The minimum absolute atomic E-state index is 0.291. The van der Waals surface area contributed by atoms with Crippen LogP contribution in [0.4, 0.5) is 0 Å². The average molecular weight is 208 g/mol. The molecule has 3 heteroatoms. The predicted octanol–water partition coefficient (Wildman–Crippen LogP) is 3.18. The van der Waals surface area contributed by atoms with Crippen LogP contribution in [-0.2, 0) is 0 Å². The standard InChI is InChI=1S/C9H15Cl2N/c1-7-4-9(2,3)12(7)6-8(11)5-10/h5,7H,4,6H2,1-3H3/b8-5-. The van der Waals surface area contributed by atoms with Crippen LogP contribution in [0.5, 0.6) is 0 Å². The molecule has 1 nitrogen and oxygen atoms in total. The second kappa shape index (κ2) is 3.57. The SMILES string of the molecule is CC1CC(C)(C)N1C/C(Cl)=C/Cl. The number of halogens is 2. The molecule has 0 spiro atoms. The lowest BCUT2D eigenvalue weighted by Gasteiger charge is -2.54. The van der Waals surface area contributed by atoms with E-state index in [1.165, 1.54) is 12.0 Å². The highest BCUT2D eigenvalue weighted by molar-refractivity contribution is 6.36. The smallest absolute Gasteiger partial charge is 0.0434 e. The van der Waals surface area contributed by atoms with Crippen molar-refractivity contribution in [3.8, 4) is 0 Å². The van der Waals surface area contributed by atoms with Crippen LogP contribution >= 0.6 is 23.2 Å². The van der Waals surface area contributed by atoms with Crippen molar-refractivity contribution in [2.24, 2.45) is 0 Å². The molecule has 1 saturated heterocycles. The Balaban J connectivity index is 2.52. The summed E-state index contributed by atoms with van der Waals surface area (Å²) in [5.41, 5.74) is 1.74. The fraction of sp³-hybridized carbons (Fsp3) is 0.778. The summed E-state index contributed by atoms with van der Waals surface area (Å²) in [6, 6.07) is 0.630. The molecule has 0 aromatic carbocycles. The number of nitrogens with zero attached hydrogens (tertiary/aromatic N) is 1. The Bertz CT molecular complexity index is 199. The first-order valence-electron chi connectivity index (χ1n) is 4.19. The molecule has 0 aliphatic carbocycles. The summed E-state index contributed by atoms with van der Waals surface area (Å²) in [5.74, 6) is 0. The summed E-state index contributed by atoms with van der Waals surface area (Å²) >= 11 is 11.4. The third-order valence-electron chi connectivity index (χ3n) is 2.54. The summed E-state index contributed by atoms with van der Waals surface area (Å²) in [6.07, 6.45) is 1.24. The first-order valence-corrected chi connectivity index (χ1v) is 5.00. The molecule has 0 saturated carbocycles. The van der Waals surface area contributed by atoms with E-state index in [0.717, 1.165) is 11.6 Å². The number of hydrogen-bond donors (Lipinski definition) is 0. The van der Waals surface area contributed by atoms with E-state index < -0.39 is 0 Å². The molecule has 1 unspecified atom stereocenters. The highest BCUT2D eigenvalue weighted by atomic mass is 35.5. The molecule has 12 heavy (non-hydrogen) atoms. The lowest BCUT2D eigenvalue weighted by Crippen LogP contribution is -2.61. The van der Waals surface area contributed by atoms with Gasteiger partial charge in [0, 0.05) is 28.7 Å². The second-order valence-electron chi connectivity index (χ2n) is 4.05. The average Bonchev–Trinajstić information content (AvgIpc) is 1.99. The van der Waals surface area contributed by atoms with Gasteiger partial charge < -0.3 is 0 Å². The van der Waals surface area contributed by atoms with E-state index in [0.29, 0.717) is 11.6 Å². The van der Waals surface area contributed by atoms with Crippen LogP contribution in [0, 0.1) is 0 Å². The highest BCUT2D eigenvalue weighted by Crippen LogP contribution is 2.36. The van der Waals surface area contributed by atoms with Gasteiger partial charge in [0.05, 0.1) is 0 Å². The van der Waals surface area contributed by atoms with E-state index in [1.807, 2.05) is 0 Å². The Morgan fingerprint density at radius 3 is 2.58 bits per heavy atom. The van der Waals surface area contributed by atoms with Gasteiger partial charge in [0.15, 0.2) is 0 Å². The largest absolute Gasteiger partial charge is 0.290 e. The number of rotatable bonds is 2. The van der Waals surface area contributed by atoms with Gasteiger partial charge >= 0.3 is 0 Å². The van der Waals surface area contributed by atoms with Crippen molar-refractivity contribution >= 4 is 23.2 Å². The van der Waals surface area contributed by atoms with E-state index in [-0.39, 0.29) is 0 Å². The monoisotopic (exact) mass is 207 g/mol. The summed E-state index contributed by atoms with van der Waals surface area (Å²) in [6.45, 7) is 7.44. The molecule has 0 N–H and O–H groups in total. The number of likely N-dealkylation sites (tertiary alicyclic amines) is 1. The van der Waals surface area contributed by atoms with E-state index in [4.69, 9.17) is 23.2 Å². The minimum atomic E-state index is 0.291. The second-order valence-corrected chi connectivity index (χ2v) is 4.75. The maximum atomic E-state index is 5.85. The predicted molar refractivity (Wildman–Crippen MR) is 54.7 cm³/mol. The molecule has 1 atom stereocenters. The van der Waals surface area contributed by atoms with Crippen LogP contribution in [0.3, 0.4) is 0 Å². The molecule has 1 heterocycles. The van der Waals surface area contributed by atoms with Crippen LogP contribution < -0.4 is 0 Å². The zero-order valence-electron chi connectivity index (χ0n) is 7.77. The molecule has 1 aliphatic rings. The lowest BCUT2D eigenvalue weighted by atomic mass is 9.82. The molecule has 1 aliphatic heterocycles. The molecular formula is C9H15Cl2N. The van der Waals surface area contributed by atoms with Gasteiger partial charge in [-0.3, -0.25) is 4.90 Å². The normalized spacial score (nSPS) is 30.1. The van der Waals surface area contributed by atoms with Crippen molar-refractivity contribution in [3.05, 3.63) is 10.6 Å². The molecule has 1 fully saturated rings. The zero-order valence-corrected chi connectivity index (χ0v) is 9.28. The molecule has 70 valence electrons. The van der Waals surface area contributed by atoms with E-state index in [1.54, 1.807) is 0 Å².